The molecule has 0 bridgehead atoms. The van der Waals surface area contributed by atoms with Crippen LogP contribution in [0, 0.1) is 15.5 Å². The molecular formula is C11H11BrClNO3. The summed E-state index contributed by atoms with van der Waals surface area (Å²) < 4.78 is 5.54. The predicted molar refractivity (Wildman–Crippen MR) is 69.1 cm³/mol. The van der Waals surface area contributed by atoms with Crippen LogP contribution in [0.5, 0.6) is 5.75 Å². The average molecular weight is 321 g/mol. The van der Waals surface area contributed by atoms with Gasteiger partial charge in [-0.3, -0.25) is 10.1 Å². The van der Waals surface area contributed by atoms with Crippen molar-refractivity contribution >= 4 is 33.2 Å². The molecule has 1 fully saturated rings. The Balaban J connectivity index is 2.17. The first-order valence-electron chi connectivity index (χ1n) is 5.20. The van der Waals surface area contributed by atoms with Crippen LogP contribution < -0.4 is 4.74 Å². The van der Waals surface area contributed by atoms with Gasteiger partial charge in [0.25, 0.3) is 0 Å². The SMILES string of the molecule is O=[N+]([O-])c1cccc(Cl)c1OCC1(CBr)CC1. The molecule has 1 aromatic rings. The number of rotatable bonds is 5. The standard InChI is InChI=1S/C11H11BrClNO3/c12-6-11(4-5-11)7-17-10-8(13)2-1-3-9(10)14(15)16/h1-3H,4-7H2. The quantitative estimate of drug-likeness (QED) is 0.471. The van der Waals surface area contributed by atoms with Crippen molar-refractivity contribution < 1.29 is 9.66 Å². The number of ether oxygens (including phenoxy) is 1. The first-order chi connectivity index (χ1) is 8.08. The van der Waals surface area contributed by atoms with Crippen LogP contribution in [-0.4, -0.2) is 16.9 Å². The van der Waals surface area contributed by atoms with E-state index >= 15 is 0 Å². The lowest BCUT2D eigenvalue weighted by Gasteiger charge is -2.13. The molecule has 0 saturated heterocycles. The molecule has 0 radical (unpaired) electrons. The maximum atomic E-state index is 10.8. The monoisotopic (exact) mass is 319 g/mol. The van der Waals surface area contributed by atoms with Gasteiger partial charge in [-0.15, -0.1) is 0 Å². The molecule has 4 nitrogen and oxygen atoms in total. The average Bonchev–Trinajstić information content (AvgIpc) is 3.08. The van der Waals surface area contributed by atoms with Gasteiger partial charge in [-0.1, -0.05) is 33.6 Å². The summed E-state index contributed by atoms with van der Waals surface area (Å²) in [4.78, 5) is 10.4. The van der Waals surface area contributed by atoms with Crippen LogP contribution in [0.25, 0.3) is 0 Å². The van der Waals surface area contributed by atoms with Crippen LogP contribution in [0.4, 0.5) is 5.69 Å². The molecule has 1 aliphatic rings. The molecule has 0 N–H and O–H groups in total. The van der Waals surface area contributed by atoms with E-state index in [1.54, 1.807) is 12.1 Å². The van der Waals surface area contributed by atoms with E-state index < -0.39 is 4.92 Å². The number of nitrogens with zero attached hydrogens (tertiary/aromatic N) is 1. The van der Waals surface area contributed by atoms with Gasteiger partial charge in [-0.2, -0.15) is 0 Å². The fraction of sp³-hybridized carbons (Fsp3) is 0.455. The molecule has 92 valence electrons. The van der Waals surface area contributed by atoms with Gasteiger partial charge in [-0.25, -0.2) is 0 Å². The molecule has 1 aromatic carbocycles. The third-order valence-corrected chi connectivity index (χ3v) is 4.39. The molecule has 1 aliphatic carbocycles. The van der Waals surface area contributed by atoms with Gasteiger partial charge < -0.3 is 4.74 Å². The van der Waals surface area contributed by atoms with Crippen LogP contribution in [0.15, 0.2) is 18.2 Å². The van der Waals surface area contributed by atoms with E-state index in [-0.39, 0.29) is 21.9 Å². The second-order valence-electron chi connectivity index (χ2n) is 4.27. The number of nitro benzene ring substituents is 1. The second kappa shape index (κ2) is 4.82. The Morgan fingerprint density at radius 1 is 1.53 bits per heavy atom. The van der Waals surface area contributed by atoms with E-state index in [1.165, 1.54) is 6.07 Å². The normalized spacial score (nSPS) is 16.6. The number of alkyl halides is 1. The minimum atomic E-state index is -0.477. The van der Waals surface area contributed by atoms with Gasteiger partial charge in [0, 0.05) is 16.8 Å². The number of halogens is 2. The summed E-state index contributed by atoms with van der Waals surface area (Å²) in [5, 5.41) is 12.0. The number of benzene rings is 1. The van der Waals surface area contributed by atoms with Crippen molar-refractivity contribution in [3.05, 3.63) is 33.3 Å². The topological polar surface area (TPSA) is 52.4 Å². The third kappa shape index (κ3) is 2.72. The Bertz CT molecular complexity index is 448. The van der Waals surface area contributed by atoms with Gasteiger partial charge in [0.1, 0.15) is 0 Å². The molecule has 0 amide bonds. The van der Waals surface area contributed by atoms with Gasteiger partial charge >= 0.3 is 5.69 Å². The zero-order valence-corrected chi connectivity index (χ0v) is 11.3. The van der Waals surface area contributed by atoms with E-state index in [1.807, 2.05) is 0 Å². The van der Waals surface area contributed by atoms with Crippen LogP contribution >= 0.6 is 27.5 Å². The molecule has 2 rings (SSSR count). The molecule has 17 heavy (non-hydrogen) atoms. The molecule has 6 heteroatoms. The summed E-state index contributed by atoms with van der Waals surface area (Å²) in [7, 11) is 0. The predicted octanol–water partition coefficient (Wildman–Crippen LogP) is 3.80. The van der Waals surface area contributed by atoms with Crippen molar-refractivity contribution in [1.82, 2.24) is 0 Å². The highest BCUT2D eigenvalue weighted by atomic mass is 79.9. The lowest BCUT2D eigenvalue weighted by molar-refractivity contribution is -0.385. The molecule has 0 aromatic heterocycles. The maximum absolute atomic E-state index is 10.8. The Hall–Kier alpha value is -0.810. The summed E-state index contributed by atoms with van der Waals surface area (Å²) in [6.45, 7) is 0.461. The van der Waals surface area contributed by atoms with Gasteiger partial charge in [0.2, 0.25) is 5.75 Å². The van der Waals surface area contributed by atoms with Crippen molar-refractivity contribution in [3.63, 3.8) is 0 Å². The molecule has 0 aliphatic heterocycles. The number of hydrogen-bond acceptors (Lipinski definition) is 3. The molecule has 0 unspecified atom stereocenters. The summed E-state index contributed by atoms with van der Waals surface area (Å²) >= 11 is 9.35. The van der Waals surface area contributed by atoms with Crippen LogP contribution in [-0.2, 0) is 0 Å². The van der Waals surface area contributed by atoms with E-state index in [0.29, 0.717) is 6.61 Å². The van der Waals surface area contributed by atoms with Crippen LogP contribution in [0.2, 0.25) is 5.02 Å². The van der Waals surface area contributed by atoms with Crippen molar-refractivity contribution in [3.8, 4) is 5.75 Å². The summed E-state index contributed by atoms with van der Waals surface area (Å²) in [6, 6.07) is 4.54. The lowest BCUT2D eigenvalue weighted by atomic mass is 10.2. The minimum absolute atomic E-state index is 0.0807. The van der Waals surface area contributed by atoms with Crippen molar-refractivity contribution in [2.75, 3.05) is 11.9 Å². The molecular weight excluding hydrogens is 309 g/mol. The van der Waals surface area contributed by atoms with Crippen molar-refractivity contribution in [1.29, 1.82) is 0 Å². The van der Waals surface area contributed by atoms with E-state index in [2.05, 4.69) is 15.9 Å². The largest absolute Gasteiger partial charge is 0.485 e. The number of nitro groups is 1. The third-order valence-electron chi connectivity index (χ3n) is 2.91. The lowest BCUT2D eigenvalue weighted by Crippen LogP contribution is -2.15. The Kier molecular flexibility index (Phi) is 3.58. The highest BCUT2D eigenvalue weighted by Crippen LogP contribution is 2.48. The number of para-hydroxylation sites is 1. The van der Waals surface area contributed by atoms with Crippen LogP contribution in [0.3, 0.4) is 0 Å². The zero-order valence-electron chi connectivity index (χ0n) is 8.99. The Morgan fingerprint density at radius 3 is 2.76 bits per heavy atom. The summed E-state index contributed by atoms with van der Waals surface area (Å²) in [5.74, 6) is 0.173. The Morgan fingerprint density at radius 2 is 2.24 bits per heavy atom. The fourth-order valence-electron chi connectivity index (χ4n) is 1.50. The smallest absolute Gasteiger partial charge is 0.312 e. The van der Waals surface area contributed by atoms with E-state index in [4.69, 9.17) is 16.3 Å². The first kappa shape index (κ1) is 12.6. The molecule has 1 saturated carbocycles. The summed E-state index contributed by atoms with van der Waals surface area (Å²) in [6.07, 6.45) is 2.16. The van der Waals surface area contributed by atoms with Crippen molar-refractivity contribution in [2.45, 2.75) is 12.8 Å². The summed E-state index contributed by atoms with van der Waals surface area (Å²) in [5.41, 5.74) is 0.0513. The zero-order chi connectivity index (χ0) is 12.5. The van der Waals surface area contributed by atoms with Crippen molar-refractivity contribution in [2.24, 2.45) is 5.41 Å². The van der Waals surface area contributed by atoms with E-state index in [9.17, 15) is 10.1 Å². The van der Waals surface area contributed by atoms with Gasteiger partial charge in [0.05, 0.1) is 16.6 Å². The first-order valence-corrected chi connectivity index (χ1v) is 6.70. The minimum Gasteiger partial charge on any atom is -0.485 e. The fourth-order valence-corrected chi connectivity index (χ4v) is 2.45. The van der Waals surface area contributed by atoms with Gasteiger partial charge in [-0.05, 0) is 18.9 Å². The second-order valence-corrected chi connectivity index (χ2v) is 5.24. The maximum Gasteiger partial charge on any atom is 0.312 e. The van der Waals surface area contributed by atoms with Gasteiger partial charge in [0.15, 0.2) is 0 Å². The highest BCUT2D eigenvalue weighted by Gasteiger charge is 2.43. The van der Waals surface area contributed by atoms with Crippen LogP contribution in [0.1, 0.15) is 12.8 Å². The molecule has 0 spiro atoms. The molecule has 0 heterocycles. The molecule has 0 atom stereocenters. The number of hydrogen-bond donors (Lipinski definition) is 0. The highest BCUT2D eigenvalue weighted by molar-refractivity contribution is 9.09. The van der Waals surface area contributed by atoms with E-state index in [0.717, 1.165) is 18.2 Å². The Labute approximate surface area is 112 Å².